The summed E-state index contributed by atoms with van der Waals surface area (Å²) in [5.74, 6) is 0.147. The van der Waals surface area contributed by atoms with Crippen molar-refractivity contribution in [3.63, 3.8) is 0 Å². The lowest BCUT2D eigenvalue weighted by Gasteiger charge is -2.27. The van der Waals surface area contributed by atoms with Crippen LogP contribution in [0.4, 0.5) is 0 Å². The quantitative estimate of drug-likeness (QED) is 0.800. The molecule has 21 heavy (non-hydrogen) atoms. The lowest BCUT2D eigenvalue weighted by molar-refractivity contribution is 0.253. The Morgan fingerprint density at radius 3 is 2.62 bits per heavy atom. The molecule has 0 aliphatic carbocycles. The largest absolute Gasteiger partial charge is 0.314 e. The van der Waals surface area contributed by atoms with Crippen molar-refractivity contribution in [3.05, 3.63) is 15.6 Å². The molecule has 1 unspecified atom stereocenters. The Hall–Kier alpha value is -0.540. The molecule has 1 aromatic rings. The molecule has 2 rings (SSSR count). The molecule has 1 fully saturated rings. The first-order chi connectivity index (χ1) is 9.87. The molecule has 0 radical (unpaired) electrons. The summed E-state index contributed by atoms with van der Waals surface area (Å²) in [4.78, 5) is 7.53. The molecular formula is C13H24N4O2S2. The molecule has 1 aliphatic heterocycles. The SMILES string of the molecule is Cc1nc(C)c(C(C)NS(=O)(=O)CCN2CCNCC2)s1. The maximum absolute atomic E-state index is 12.2. The van der Waals surface area contributed by atoms with Crippen molar-refractivity contribution in [1.29, 1.82) is 0 Å². The van der Waals surface area contributed by atoms with E-state index in [-0.39, 0.29) is 11.8 Å². The van der Waals surface area contributed by atoms with Crippen LogP contribution in [-0.4, -0.2) is 56.8 Å². The Morgan fingerprint density at radius 2 is 2.05 bits per heavy atom. The van der Waals surface area contributed by atoms with Gasteiger partial charge in [0.25, 0.3) is 0 Å². The van der Waals surface area contributed by atoms with E-state index in [9.17, 15) is 8.42 Å². The number of aryl methyl sites for hydroxylation is 2. The van der Waals surface area contributed by atoms with E-state index in [4.69, 9.17) is 0 Å². The van der Waals surface area contributed by atoms with E-state index in [0.29, 0.717) is 6.54 Å². The van der Waals surface area contributed by atoms with Gasteiger partial charge in [-0.3, -0.25) is 4.90 Å². The predicted molar refractivity (Wildman–Crippen MR) is 86.2 cm³/mol. The van der Waals surface area contributed by atoms with Crippen LogP contribution in [-0.2, 0) is 10.0 Å². The third-order valence-corrected chi connectivity index (χ3v) is 6.26. The molecular weight excluding hydrogens is 308 g/mol. The van der Waals surface area contributed by atoms with Gasteiger partial charge in [0.2, 0.25) is 10.0 Å². The number of hydrogen-bond donors (Lipinski definition) is 2. The van der Waals surface area contributed by atoms with Gasteiger partial charge in [0.05, 0.1) is 22.5 Å². The summed E-state index contributed by atoms with van der Waals surface area (Å²) in [6, 6.07) is -0.218. The molecule has 1 aliphatic rings. The van der Waals surface area contributed by atoms with Gasteiger partial charge in [-0.05, 0) is 20.8 Å². The second-order valence-corrected chi connectivity index (χ2v) is 8.54. The van der Waals surface area contributed by atoms with Crippen LogP contribution in [0.5, 0.6) is 0 Å². The normalized spacial score (nSPS) is 18.8. The highest BCUT2D eigenvalue weighted by Gasteiger charge is 2.21. The number of thiazole rings is 1. The zero-order valence-corrected chi connectivity index (χ0v) is 14.5. The Labute approximate surface area is 131 Å². The molecule has 0 amide bonds. The van der Waals surface area contributed by atoms with E-state index < -0.39 is 10.0 Å². The fourth-order valence-electron chi connectivity index (χ4n) is 2.51. The Morgan fingerprint density at radius 1 is 1.38 bits per heavy atom. The molecule has 0 spiro atoms. The van der Waals surface area contributed by atoms with Crippen LogP contribution in [0.25, 0.3) is 0 Å². The Kier molecular flexibility index (Phi) is 5.73. The maximum atomic E-state index is 12.2. The van der Waals surface area contributed by atoms with Crippen LogP contribution in [0.3, 0.4) is 0 Å². The highest BCUT2D eigenvalue weighted by atomic mass is 32.2. The smallest absolute Gasteiger partial charge is 0.213 e. The molecule has 2 N–H and O–H groups in total. The van der Waals surface area contributed by atoms with Crippen LogP contribution in [0.15, 0.2) is 0 Å². The van der Waals surface area contributed by atoms with Crippen molar-refractivity contribution in [2.75, 3.05) is 38.5 Å². The first kappa shape index (κ1) is 16.8. The number of aromatic nitrogens is 1. The van der Waals surface area contributed by atoms with Crippen molar-refractivity contribution in [2.45, 2.75) is 26.8 Å². The van der Waals surface area contributed by atoms with Gasteiger partial charge in [-0.15, -0.1) is 11.3 Å². The van der Waals surface area contributed by atoms with Gasteiger partial charge in [0.15, 0.2) is 0 Å². The minimum absolute atomic E-state index is 0.147. The van der Waals surface area contributed by atoms with Gasteiger partial charge in [-0.25, -0.2) is 18.1 Å². The summed E-state index contributed by atoms with van der Waals surface area (Å²) in [7, 11) is -3.27. The molecule has 1 atom stereocenters. The zero-order valence-electron chi connectivity index (χ0n) is 12.8. The molecule has 1 saturated heterocycles. The minimum atomic E-state index is -3.27. The van der Waals surface area contributed by atoms with Crippen LogP contribution in [0, 0.1) is 13.8 Å². The third kappa shape index (κ3) is 5.00. The van der Waals surface area contributed by atoms with Gasteiger partial charge in [0, 0.05) is 37.6 Å². The first-order valence-electron chi connectivity index (χ1n) is 7.24. The summed E-state index contributed by atoms with van der Waals surface area (Å²) < 4.78 is 27.2. The van der Waals surface area contributed by atoms with Crippen LogP contribution < -0.4 is 10.0 Å². The van der Waals surface area contributed by atoms with Gasteiger partial charge in [-0.1, -0.05) is 0 Å². The van der Waals surface area contributed by atoms with Gasteiger partial charge in [-0.2, -0.15) is 0 Å². The molecule has 2 heterocycles. The van der Waals surface area contributed by atoms with Crippen LogP contribution >= 0.6 is 11.3 Å². The second-order valence-electron chi connectivity index (χ2n) is 5.43. The first-order valence-corrected chi connectivity index (χ1v) is 9.71. The number of nitrogens with zero attached hydrogens (tertiary/aromatic N) is 2. The van der Waals surface area contributed by atoms with E-state index in [0.717, 1.165) is 41.8 Å². The lowest BCUT2D eigenvalue weighted by atomic mass is 10.2. The van der Waals surface area contributed by atoms with Crippen molar-refractivity contribution in [1.82, 2.24) is 19.9 Å². The molecule has 8 heteroatoms. The molecule has 120 valence electrons. The zero-order chi connectivity index (χ0) is 15.5. The number of sulfonamides is 1. The van der Waals surface area contributed by atoms with E-state index in [1.54, 1.807) is 11.3 Å². The summed E-state index contributed by atoms with van der Waals surface area (Å²) >= 11 is 1.55. The van der Waals surface area contributed by atoms with Crippen molar-refractivity contribution >= 4 is 21.4 Å². The molecule has 0 bridgehead atoms. The van der Waals surface area contributed by atoms with Gasteiger partial charge in [0.1, 0.15) is 0 Å². The van der Waals surface area contributed by atoms with E-state index in [2.05, 4.69) is 19.9 Å². The fourth-order valence-corrected chi connectivity index (χ4v) is 4.79. The summed E-state index contributed by atoms with van der Waals surface area (Å²) in [6.45, 7) is 10.0. The Balaban J connectivity index is 1.89. The monoisotopic (exact) mass is 332 g/mol. The molecule has 6 nitrogen and oxygen atoms in total. The Bertz CT molecular complexity index is 565. The number of nitrogens with one attached hydrogen (secondary N) is 2. The summed E-state index contributed by atoms with van der Waals surface area (Å²) in [5, 5.41) is 4.23. The average molecular weight is 332 g/mol. The lowest BCUT2D eigenvalue weighted by Crippen LogP contribution is -2.46. The molecule has 1 aromatic heterocycles. The number of rotatable bonds is 6. The fraction of sp³-hybridized carbons (Fsp3) is 0.769. The molecule has 0 aromatic carbocycles. The van der Waals surface area contributed by atoms with Crippen molar-refractivity contribution in [3.8, 4) is 0 Å². The van der Waals surface area contributed by atoms with Crippen LogP contribution in [0.1, 0.15) is 28.5 Å². The van der Waals surface area contributed by atoms with Gasteiger partial charge >= 0.3 is 0 Å². The second kappa shape index (κ2) is 7.15. The molecule has 0 saturated carbocycles. The highest BCUT2D eigenvalue weighted by molar-refractivity contribution is 7.89. The van der Waals surface area contributed by atoms with E-state index >= 15 is 0 Å². The van der Waals surface area contributed by atoms with Crippen molar-refractivity contribution < 1.29 is 8.42 Å². The topological polar surface area (TPSA) is 74.3 Å². The van der Waals surface area contributed by atoms with Crippen molar-refractivity contribution in [2.24, 2.45) is 0 Å². The van der Waals surface area contributed by atoms with E-state index in [1.165, 1.54) is 0 Å². The van der Waals surface area contributed by atoms with E-state index in [1.807, 2.05) is 20.8 Å². The third-order valence-electron chi connectivity index (χ3n) is 3.57. The van der Waals surface area contributed by atoms with Crippen LogP contribution in [0.2, 0.25) is 0 Å². The number of piperazine rings is 1. The average Bonchev–Trinajstić information content (AvgIpc) is 2.76. The predicted octanol–water partition coefficient (Wildman–Crippen LogP) is 0.646. The summed E-state index contributed by atoms with van der Waals surface area (Å²) in [5.41, 5.74) is 0.912. The standard InChI is InChI=1S/C13H24N4O2S2/c1-10-13(20-12(3)15-10)11(2)16-21(18,19)9-8-17-6-4-14-5-7-17/h11,14,16H,4-9H2,1-3H3. The maximum Gasteiger partial charge on any atom is 0.213 e. The minimum Gasteiger partial charge on any atom is -0.314 e. The summed E-state index contributed by atoms with van der Waals surface area (Å²) in [6.07, 6.45) is 0. The van der Waals surface area contributed by atoms with Gasteiger partial charge < -0.3 is 5.32 Å². The number of hydrogen-bond acceptors (Lipinski definition) is 6. The highest BCUT2D eigenvalue weighted by Crippen LogP contribution is 2.24.